The Morgan fingerprint density at radius 3 is 2.03 bits per heavy atom. The summed E-state index contributed by atoms with van der Waals surface area (Å²) in [6, 6.07) is 13.3. The van der Waals surface area contributed by atoms with E-state index >= 15 is 0 Å². The third-order valence-corrected chi connectivity index (χ3v) is 5.75. The van der Waals surface area contributed by atoms with E-state index in [9.17, 15) is 13.6 Å². The van der Waals surface area contributed by atoms with E-state index in [1.54, 1.807) is 24.3 Å². The van der Waals surface area contributed by atoms with Crippen LogP contribution in [0.25, 0.3) is 0 Å². The largest absolute Gasteiger partial charge is 0.368 e. The summed E-state index contributed by atoms with van der Waals surface area (Å²) in [6.45, 7) is 6.17. The van der Waals surface area contributed by atoms with Gasteiger partial charge in [0.2, 0.25) is 5.91 Å². The van der Waals surface area contributed by atoms with Crippen LogP contribution in [0.4, 0.5) is 20.2 Å². The molecule has 0 unspecified atom stereocenters. The summed E-state index contributed by atoms with van der Waals surface area (Å²) in [5.41, 5.74) is 1.62. The number of benzene rings is 2. The first-order valence-electron chi connectivity index (χ1n) is 10.1. The first kappa shape index (κ1) is 19.6. The number of nitrogens with zero attached hydrogens (tertiary/aromatic N) is 4. The number of halogens is 2. The van der Waals surface area contributed by atoms with E-state index in [2.05, 4.69) is 9.80 Å². The van der Waals surface area contributed by atoms with Crippen LogP contribution in [-0.2, 0) is 4.79 Å². The van der Waals surface area contributed by atoms with Crippen molar-refractivity contribution < 1.29 is 13.6 Å². The third-order valence-electron chi connectivity index (χ3n) is 5.75. The maximum Gasteiger partial charge on any atom is 0.236 e. The zero-order valence-electron chi connectivity index (χ0n) is 16.4. The molecule has 0 aromatic heterocycles. The Kier molecular flexibility index (Phi) is 5.94. The Hall–Kier alpha value is -2.67. The molecule has 1 amide bonds. The van der Waals surface area contributed by atoms with Gasteiger partial charge in [0, 0.05) is 58.0 Å². The van der Waals surface area contributed by atoms with Crippen LogP contribution in [0, 0.1) is 11.6 Å². The molecule has 29 heavy (non-hydrogen) atoms. The number of hydrogen-bond acceptors (Lipinski definition) is 4. The van der Waals surface area contributed by atoms with Crippen LogP contribution in [0.5, 0.6) is 0 Å². The number of piperazine rings is 2. The number of hydrogen-bond donors (Lipinski definition) is 0. The molecule has 154 valence electrons. The van der Waals surface area contributed by atoms with Gasteiger partial charge >= 0.3 is 0 Å². The molecule has 2 aromatic rings. The van der Waals surface area contributed by atoms with Crippen LogP contribution in [0.1, 0.15) is 0 Å². The molecule has 5 nitrogen and oxygen atoms in total. The molecule has 2 fully saturated rings. The highest BCUT2D eigenvalue weighted by Gasteiger charge is 2.25. The van der Waals surface area contributed by atoms with Crippen molar-refractivity contribution in [2.45, 2.75) is 0 Å². The summed E-state index contributed by atoms with van der Waals surface area (Å²) in [5, 5.41) is 0. The minimum Gasteiger partial charge on any atom is -0.368 e. The molecule has 2 saturated heterocycles. The van der Waals surface area contributed by atoms with Crippen LogP contribution in [-0.4, -0.2) is 74.6 Å². The fourth-order valence-corrected chi connectivity index (χ4v) is 4.01. The van der Waals surface area contributed by atoms with Crippen LogP contribution in [0.3, 0.4) is 0 Å². The van der Waals surface area contributed by atoms with Crippen LogP contribution in [0.2, 0.25) is 0 Å². The highest BCUT2D eigenvalue weighted by Crippen LogP contribution is 2.20. The molecule has 2 aromatic carbocycles. The van der Waals surface area contributed by atoms with Gasteiger partial charge in [0.25, 0.3) is 0 Å². The summed E-state index contributed by atoms with van der Waals surface area (Å²) in [6.07, 6.45) is 0. The normalized spacial score (nSPS) is 18.2. The fraction of sp³-hybridized carbons (Fsp3) is 0.409. The van der Waals surface area contributed by atoms with Gasteiger partial charge in [-0.2, -0.15) is 0 Å². The molecule has 0 radical (unpaired) electrons. The second-order valence-corrected chi connectivity index (χ2v) is 7.56. The monoisotopic (exact) mass is 400 g/mol. The lowest BCUT2D eigenvalue weighted by molar-refractivity contribution is -0.132. The molecule has 7 heteroatoms. The standard InChI is InChI=1S/C22H26F2N4O/c23-18-5-7-19(8-6-18)26-13-15-28(16-14-26)22(29)17-25-9-11-27(12-10-25)21-4-2-1-3-20(21)24/h1-8H,9-17H2. The van der Waals surface area contributed by atoms with Crippen molar-refractivity contribution in [3.63, 3.8) is 0 Å². The lowest BCUT2D eigenvalue weighted by atomic mass is 10.2. The number of anilines is 2. The van der Waals surface area contributed by atoms with E-state index in [0.717, 1.165) is 31.9 Å². The summed E-state index contributed by atoms with van der Waals surface area (Å²) in [4.78, 5) is 21.0. The third kappa shape index (κ3) is 4.67. The second-order valence-electron chi connectivity index (χ2n) is 7.56. The molecular formula is C22H26F2N4O. The van der Waals surface area contributed by atoms with Crippen LogP contribution < -0.4 is 9.80 Å². The highest BCUT2D eigenvalue weighted by atomic mass is 19.1. The highest BCUT2D eigenvalue weighted by molar-refractivity contribution is 5.78. The molecule has 2 heterocycles. The van der Waals surface area contributed by atoms with E-state index in [0.29, 0.717) is 38.4 Å². The second kappa shape index (κ2) is 8.78. The van der Waals surface area contributed by atoms with Crippen molar-refractivity contribution in [1.82, 2.24) is 9.80 Å². The van der Waals surface area contributed by atoms with Crippen LogP contribution in [0.15, 0.2) is 48.5 Å². The average Bonchev–Trinajstić information content (AvgIpc) is 2.75. The summed E-state index contributed by atoms with van der Waals surface area (Å²) < 4.78 is 27.0. The minimum absolute atomic E-state index is 0.142. The molecule has 2 aliphatic rings. The molecule has 0 N–H and O–H groups in total. The average molecular weight is 400 g/mol. The lowest BCUT2D eigenvalue weighted by Gasteiger charge is -2.39. The number of rotatable bonds is 4. The first-order valence-corrected chi connectivity index (χ1v) is 10.1. The van der Waals surface area contributed by atoms with Gasteiger partial charge in [0.05, 0.1) is 12.2 Å². The van der Waals surface area contributed by atoms with E-state index in [-0.39, 0.29) is 17.5 Å². The molecule has 0 atom stereocenters. The zero-order chi connectivity index (χ0) is 20.2. The van der Waals surface area contributed by atoms with E-state index in [4.69, 9.17) is 0 Å². The fourth-order valence-electron chi connectivity index (χ4n) is 4.01. The molecule has 0 bridgehead atoms. The van der Waals surface area contributed by atoms with Crippen molar-refractivity contribution in [2.24, 2.45) is 0 Å². The molecular weight excluding hydrogens is 374 g/mol. The molecule has 0 spiro atoms. The first-order chi connectivity index (χ1) is 14.1. The summed E-state index contributed by atoms with van der Waals surface area (Å²) >= 11 is 0. The Labute approximate surface area is 170 Å². The lowest BCUT2D eigenvalue weighted by Crippen LogP contribution is -2.54. The Bertz CT molecular complexity index is 829. The predicted molar refractivity (Wildman–Crippen MR) is 110 cm³/mol. The van der Waals surface area contributed by atoms with Crippen molar-refractivity contribution in [2.75, 3.05) is 68.7 Å². The smallest absolute Gasteiger partial charge is 0.236 e. The number of amides is 1. The van der Waals surface area contributed by atoms with Crippen molar-refractivity contribution in [3.8, 4) is 0 Å². The van der Waals surface area contributed by atoms with Gasteiger partial charge in [-0.05, 0) is 36.4 Å². The van der Waals surface area contributed by atoms with E-state index < -0.39 is 0 Å². The zero-order valence-corrected chi connectivity index (χ0v) is 16.4. The van der Waals surface area contributed by atoms with Gasteiger partial charge in [-0.25, -0.2) is 8.78 Å². The molecule has 2 aliphatic heterocycles. The topological polar surface area (TPSA) is 30.0 Å². The van der Waals surface area contributed by atoms with Crippen molar-refractivity contribution >= 4 is 17.3 Å². The van der Waals surface area contributed by atoms with Gasteiger partial charge in [-0.1, -0.05) is 12.1 Å². The summed E-state index contributed by atoms with van der Waals surface area (Å²) in [7, 11) is 0. The Morgan fingerprint density at radius 1 is 0.759 bits per heavy atom. The van der Waals surface area contributed by atoms with Gasteiger partial charge in [-0.3, -0.25) is 9.69 Å². The maximum absolute atomic E-state index is 14.0. The maximum atomic E-state index is 14.0. The molecule has 4 rings (SSSR count). The van der Waals surface area contributed by atoms with E-state index in [1.807, 2.05) is 15.9 Å². The predicted octanol–water partition coefficient (Wildman–Crippen LogP) is 2.44. The quantitative estimate of drug-likeness (QED) is 0.789. The summed E-state index contributed by atoms with van der Waals surface area (Å²) in [5.74, 6) is -0.295. The Balaban J connectivity index is 1.23. The van der Waals surface area contributed by atoms with Crippen molar-refractivity contribution in [3.05, 3.63) is 60.2 Å². The number of para-hydroxylation sites is 1. The number of carbonyl (C=O) groups is 1. The molecule has 0 aliphatic carbocycles. The van der Waals surface area contributed by atoms with Gasteiger partial charge in [0.15, 0.2) is 0 Å². The van der Waals surface area contributed by atoms with Crippen molar-refractivity contribution in [1.29, 1.82) is 0 Å². The number of carbonyl (C=O) groups excluding carboxylic acids is 1. The minimum atomic E-state index is -0.238. The van der Waals surface area contributed by atoms with Gasteiger partial charge in [-0.15, -0.1) is 0 Å². The Morgan fingerprint density at radius 2 is 1.38 bits per heavy atom. The SMILES string of the molecule is O=C(CN1CCN(c2ccccc2F)CC1)N1CCN(c2ccc(F)cc2)CC1. The van der Waals surface area contributed by atoms with E-state index in [1.165, 1.54) is 18.2 Å². The molecule has 0 saturated carbocycles. The van der Waals surface area contributed by atoms with Gasteiger partial charge < -0.3 is 14.7 Å². The van der Waals surface area contributed by atoms with Gasteiger partial charge in [0.1, 0.15) is 11.6 Å². The van der Waals surface area contributed by atoms with Crippen LogP contribution >= 0.6 is 0 Å².